The summed E-state index contributed by atoms with van der Waals surface area (Å²) in [5, 5.41) is 0. The minimum atomic E-state index is 0.254. The lowest BCUT2D eigenvalue weighted by molar-refractivity contribution is -0.115. The summed E-state index contributed by atoms with van der Waals surface area (Å²) in [5.74, 6) is 2.24. The topological polar surface area (TPSA) is 17.1 Å². The van der Waals surface area contributed by atoms with Crippen LogP contribution in [0, 0.1) is 30.6 Å². The van der Waals surface area contributed by atoms with E-state index >= 15 is 0 Å². The second-order valence-corrected chi connectivity index (χ2v) is 10.0. The standard InChI is InChI=1S/C29H40O/c1-7-9-22(8-2)16-24-18-27-25(14-19(3)4)21(6)15-28(30)29(27)26(24)17-23-12-10-20(5)11-13-23/h10-13,18-19,22,25-26H,6-9,14-17H2,1-5H3. The van der Waals surface area contributed by atoms with E-state index in [9.17, 15) is 4.79 Å². The first kappa shape index (κ1) is 22.8. The summed E-state index contributed by atoms with van der Waals surface area (Å²) in [6.45, 7) is 15.6. The average molecular weight is 405 g/mol. The molecule has 2 aliphatic rings. The minimum absolute atomic E-state index is 0.254. The third-order valence-electron chi connectivity index (χ3n) is 7.07. The van der Waals surface area contributed by atoms with Gasteiger partial charge in [-0.05, 0) is 49.2 Å². The molecule has 0 heterocycles. The molecule has 1 aromatic rings. The number of Topliss-reactive ketones (excluding diaryl/α,β-unsaturated/α-hetero) is 1. The first-order valence-electron chi connectivity index (χ1n) is 12.0. The second-order valence-electron chi connectivity index (χ2n) is 10.0. The van der Waals surface area contributed by atoms with Crippen molar-refractivity contribution in [2.45, 2.75) is 79.6 Å². The minimum Gasteiger partial charge on any atom is -0.294 e. The van der Waals surface area contributed by atoms with E-state index < -0.39 is 0 Å². The van der Waals surface area contributed by atoms with Gasteiger partial charge in [0, 0.05) is 23.8 Å². The van der Waals surface area contributed by atoms with Gasteiger partial charge >= 0.3 is 0 Å². The van der Waals surface area contributed by atoms with E-state index in [2.05, 4.69) is 71.5 Å². The second kappa shape index (κ2) is 9.94. The fourth-order valence-corrected chi connectivity index (χ4v) is 5.40. The van der Waals surface area contributed by atoms with E-state index in [1.54, 1.807) is 0 Å². The number of hydrogen-bond donors (Lipinski definition) is 0. The van der Waals surface area contributed by atoms with Crippen molar-refractivity contribution >= 4 is 5.78 Å². The fourth-order valence-electron chi connectivity index (χ4n) is 5.40. The molecule has 0 bridgehead atoms. The molecule has 0 N–H and O–H groups in total. The molecule has 1 aromatic carbocycles. The zero-order valence-electron chi connectivity index (χ0n) is 19.8. The molecule has 0 spiro atoms. The number of benzene rings is 1. The first-order valence-corrected chi connectivity index (χ1v) is 12.0. The molecule has 3 rings (SSSR count). The molecule has 0 fully saturated rings. The summed E-state index contributed by atoms with van der Waals surface area (Å²) in [7, 11) is 0. The Labute approximate surface area is 184 Å². The molecule has 0 amide bonds. The van der Waals surface area contributed by atoms with E-state index in [1.165, 1.54) is 41.5 Å². The van der Waals surface area contributed by atoms with Gasteiger partial charge in [-0.2, -0.15) is 0 Å². The lowest BCUT2D eigenvalue weighted by Crippen LogP contribution is -2.25. The van der Waals surface area contributed by atoms with E-state index in [0.29, 0.717) is 30.0 Å². The maximum Gasteiger partial charge on any atom is 0.163 e. The molecule has 3 atom stereocenters. The Bertz CT molecular complexity index is 834. The summed E-state index contributed by atoms with van der Waals surface area (Å²) in [4.78, 5) is 13.2. The molecule has 0 aromatic heterocycles. The summed E-state index contributed by atoms with van der Waals surface area (Å²) < 4.78 is 0. The largest absolute Gasteiger partial charge is 0.294 e. The molecule has 0 radical (unpaired) electrons. The lowest BCUT2D eigenvalue weighted by Gasteiger charge is -2.30. The smallest absolute Gasteiger partial charge is 0.163 e. The maximum atomic E-state index is 13.2. The van der Waals surface area contributed by atoms with Crippen molar-refractivity contribution in [2.75, 3.05) is 0 Å². The van der Waals surface area contributed by atoms with E-state index in [-0.39, 0.29) is 5.92 Å². The van der Waals surface area contributed by atoms with Crippen LogP contribution in [0.15, 0.2) is 59.2 Å². The Hall–Kier alpha value is -1.89. The molecule has 1 heteroatoms. The SMILES string of the molecule is C=C1CC(=O)C2=C(C=C(CC(CC)CCC)C2Cc2ccc(C)cc2)C1CC(C)C. The monoisotopic (exact) mass is 404 g/mol. The summed E-state index contributed by atoms with van der Waals surface area (Å²) in [6, 6.07) is 8.88. The van der Waals surface area contributed by atoms with Crippen molar-refractivity contribution in [1.29, 1.82) is 0 Å². The van der Waals surface area contributed by atoms with Crippen molar-refractivity contribution in [3.63, 3.8) is 0 Å². The van der Waals surface area contributed by atoms with Crippen LogP contribution in [-0.4, -0.2) is 5.78 Å². The van der Waals surface area contributed by atoms with Gasteiger partial charge in [-0.1, -0.05) is 101 Å². The van der Waals surface area contributed by atoms with Gasteiger partial charge < -0.3 is 0 Å². The van der Waals surface area contributed by atoms with Gasteiger partial charge in [0.25, 0.3) is 0 Å². The quantitative estimate of drug-likeness (QED) is 0.384. The fraction of sp³-hybridized carbons (Fsp3) is 0.552. The lowest BCUT2D eigenvalue weighted by atomic mass is 9.73. The van der Waals surface area contributed by atoms with Gasteiger partial charge in [-0.15, -0.1) is 0 Å². The molecule has 1 nitrogen and oxygen atoms in total. The first-order chi connectivity index (χ1) is 14.3. The molecule has 2 aliphatic carbocycles. The zero-order chi connectivity index (χ0) is 21.8. The van der Waals surface area contributed by atoms with Crippen LogP contribution >= 0.6 is 0 Å². The zero-order valence-corrected chi connectivity index (χ0v) is 19.8. The van der Waals surface area contributed by atoms with Gasteiger partial charge in [0.05, 0.1) is 0 Å². The van der Waals surface area contributed by atoms with Gasteiger partial charge in [0.1, 0.15) is 0 Å². The number of aryl methyl sites for hydroxylation is 1. The van der Waals surface area contributed by atoms with Crippen LogP contribution < -0.4 is 0 Å². The van der Waals surface area contributed by atoms with Crippen molar-refractivity contribution in [2.24, 2.45) is 23.7 Å². The van der Waals surface area contributed by atoms with Crippen molar-refractivity contribution in [1.82, 2.24) is 0 Å². The Kier molecular flexibility index (Phi) is 7.55. The van der Waals surface area contributed by atoms with Crippen molar-refractivity contribution in [3.8, 4) is 0 Å². The number of carbonyl (C=O) groups excluding carboxylic acids is 1. The maximum absolute atomic E-state index is 13.2. The predicted molar refractivity (Wildman–Crippen MR) is 128 cm³/mol. The molecule has 30 heavy (non-hydrogen) atoms. The Morgan fingerprint density at radius 1 is 1.10 bits per heavy atom. The van der Waals surface area contributed by atoms with Crippen LogP contribution in [0.25, 0.3) is 0 Å². The van der Waals surface area contributed by atoms with Crippen molar-refractivity contribution < 1.29 is 4.79 Å². The van der Waals surface area contributed by atoms with Crippen LogP contribution in [0.5, 0.6) is 0 Å². The highest BCUT2D eigenvalue weighted by Crippen LogP contribution is 2.48. The number of rotatable bonds is 9. The highest BCUT2D eigenvalue weighted by atomic mass is 16.1. The molecule has 0 saturated carbocycles. The number of hydrogen-bond acceptors (Lipinski definition) is 1. The van der Waals surface area contributed by atoms with Crippen molar-refractivity contribution in [3.05, 3.63) is 70.3 Å². The molecular formula is C29H40O. The Morgan fingerprint density at radius 3 is 2.40 bits per heavy atom. The molecule has 3 unspecified atom stereocenters. The van der Waals surface area contributed by atoms with E-state index in [4.69, 9.17) is 0 Å². The average Bonchev–Trinajstić information content (AvgIpc) is 3.04. The normalized spacial score (nSPS) is 22.5. The molecule has 162 valence electrons. The molecule has 0 saturated heterocycles. The Morgan fingerprint density at radius 2 is 1.80 bits per heavy atom. The highest BCUT2D eigenvalue weighted by molar-refractivity contribution is 6.01. The van der Waals surface area contributed by atoms with Crippen LogP contribution in [0.3, 0.4) is 0 Å². The summed E-state index contributed by atoms with van der Waals surface area (Å²) in [6.07, 6.45) is 9.85. The third kappa shape index (κ3) is 5.05. The van der Waals surface area contributed by atoms with Gasteiger partial charge in [0.15, 0.2) is 5.78 Å². The number of ketones is 1. The van der Waals surface area contributed by atoms with Gasteiger partial charge in [-0.25, -0.2) is 0 Å². The van der Waals surface area contributed by atoms with Crippen LogP contribution in [0.2, 0.25) is 0 Å². The summed E-state index contributed by atoms with van der Waals surface area (Å²) in [5.41, 5.74) is 7.68. The number of allylic oxidation sites excluding steroid dienone is 5. The number of carbonyl (C=O) groups is 1. The molecular weight excluding hydrogens is 364 g/mol. The van der Waals surface area contributed by atoms with Gasteiger partial charge in [-0.3, -0.25) is 4.79 Å². The third-order valence-corrected chi connectivity index (χ3v) is 7.07. The van der Waals surface area contributed by atoms with E-state index in [1.807, 2.05) is 0 Å². The Balaban J connectivity index is 1.99. The van der Waals surface area contributed by atoms with Crippen LogP contribution in [-0.2, 0) is 11.2 Å². The highest BCUT2D eigenvalue weighted by Gasteiger charge is 2.39. The van der Waals surface area contributed by atoms with Crippen LogP contribution in [0.1, 0.15) is 77.3 Å². The summed E-state index contributed by atoms with van der Waals surface area (Å²) >= 11 is 0. The molecule has 0 aliphatic heterocycles. The predicted octanol–water partition coefficient (Wildman–Crippen LogP) is 7.80. The van der Waals surface area contributed by atoms with Gasteiger partial charge in [0.2, 0.25) is 0 Å². The van der Waals surface area contributed by atoms with E-state index in [0.717, 1.165) is 30.4 Å². The van der Waals surface area contributed by atoms with Crippen LogP contribution in [0.4, 0.5) is 0 Å².